The van der Waals surface area contributed by atoms with E-state index in [1.165, 1.54) is 51.4 Å². The first-order valence-corrected chi connectivity index (χ1v) is 11.4. The first-order valence-electron chi connectivity index (χ1n) is 11.4. The lowest BCUT2D eigenvalue weighted by Gasteiger charge is -2.60. The summed E-state index contributed by atoms with van der Waals surface area (Å²) in [6.07, 6.45) is 21.1. The molecule has 4 saturated carbocycles. The summed E-state index contributed by atoms with van der Waals surface area (Å²) in [5.41, 5.74) is 1.13. The van der Waals surface area contributed by atoms with Crippen molar-refractivity contribution in [1.29, 1.82) is 0 Å². The van der Waals surface area contributed by atoms with Crippen LogP contribution in [0.25, 0.3) is 0 Å². The second-order valence-electron chi connectivity index (χ2n) is 10.2. The number of unbranched alkanes of at least 4 members (excludes halogenated alkanes) is 1. The van der Waals surface area contributed by atoms with Crippen molar-refractivity contribution in [3.05, 3.63) is 24.8 Å². The number of allylic oxidation sites excluding steroid dienone is 3. The minimum absolute atomic E-state index is 0. The first-order chi connectivity index (χ1) is 12.5. The minimum Gasteiger partial charge on any atom is -0.300 e. The Morgan fingerprint density at radius 1 is 1.12 bits per heavy atom. The number of Topliss-reactive ketones (excluding diaryl/α,β-unsaturated/α-hetero) is 1. The Bertz CT molecular complexity index is 603. The molecule has 7 atom stereocenters. The highest BCUT2D eigenvalue weighted by molar-refractivity contribution is 5.79. The van der Waals surface area contributed by atoms with Crippen molar-refractivity contribution in [2.45, 2.75) is 84.5 Å². The molecule has 1 nitrogen and oxygen atoms in total. The third-order valence-electron chi connectivity index (χ3n) is 9.17. The molecule has 1 heteroatoms. The molecule has 0 aromatic rings. The van der Waals surface area contributed by atoms with E-state index in [2.05, 4.69) is 32.6 Å². The number of carbonyl (C=O) groups excluding carboxylic acids is 1. The highest BCUT2D eigenvalue weighted by atomic mass is 16.1. The Balaban J connectivity index is 0.000000477. The summed E-state index contributed by atoms with van der Waals surface area (Å²) >= 11 is 0. The van der Waals surface area contributed by atoms with Crippen LogP contribution in [0.1, 0.15) is 88.8 Å². The third kappa shape index (κ3) is 2.68. The zero-order chi connectivity index (χ0) is 18.4. The summed E-state index contributed by atoms with van der Waals surface area (Å²) < 4.78 is 0. The van der Waals surface area contributed by atoms with E-state index in [9.17, 15) is 4.79 Å². The van der Waals surface area contributed by atoms with E-state index < -0.39 is 0 Å². The maximum atomic E-state index is 11.8. The second kappa shape index (κ2) is 6.95. The van der Waals surface area contributed by atoms with Gasteiger partial charge in [-0.05, 0) is 86.4 Å². The number of fused-ring (bicyclic) bond motifs is 4. The molecule has 4 fully saturated rings. The summed E-state index contributed by atoms with van der Waals surface area (Å²) in [5, 5.41) is 0. The smallest absolute Gasteiger partial charge is 0.133 e. The molecule has 0 amide bonds. The lowest BCUT2D eigenvalue weighted by Crippen LogP contribution is -2.53. The van der Waals surface area contributed by atoms with Gasteiger partial charge in [0.15, 0.2) is 0 Å². The molecule has 0 aromatic heterocycles. The summed E-state index contributed by atoms with van der Waals surface area (Å²) in [6.45, 7) is 8.22. The van der Waals surface area contributed by atoms with Crippen LogP contribution in [0.3, 0.4) is 0 Å². The Hall–Kier alpha value is -0.850. The summed E-state index contributed by atoms with van der Waals surface area (Å²) in [7, 11) is 0. The molecule has 1 spiro atoms. The van der Waals surface area contributed by atoms with Gasteiger partial charge in [0.05, 0.1) is 0 Å². The molecule has 5 aliphatic rings. The zero-order valence-electron chi connectivity index (χ0n) is 17.0. The molecule has 5 aliphatic carbocycles. The van der Waals surface area contributed by atoms with Gasteiger partial charge in [-0.15, -0.1) is 6.58 Å². The van der Waals surface area contributed by atoms with Crippen LogP contribution in [0.5, 0.6) is 0 Å². The van der Waals surface area contributed by atoms with Crippen LogP contribution in [-0.2, 0) is 4.79 Å². The molecule has 0 saturated heterocycles. The highest BCUT2D eigenvalue weighted by Gasteiger charge is 2.64. The number of rotatable bonds is 2. The van der Waals surface area contributed by atoms with Crippen molar-refractivity contribution in [1.82, 2.24) is 0 Å². The van der Waals surface area contributed by atoms with Crippen molar-refractivity contribution in [3.8, 4) is 0 Å². The lowest BCUT2D eigenvalue weighted by molar-refractivity contribution is -0.127. The molecule has 0 heterocycles. The topological polar surface area (TPSA) is 17.1 Å². The van der Waals surface area contributed by atoms with Crippen LogP contribution in [-0.4, -0.2) is 5.78 Å². The van der Waals surface area contributed by atoms with Crippen molar-refractivity contribution in [2.24, 2.45) is 40.4 Å². The Labute approximate surface area is 165 Å². The molecule has 5 rings (SSSR count). The van der Waals surface area contributed by atoms with Crippen molar-refractivity contribution in [2.75, 3.05) is 0 Å². The van der Waals surface area contributed by atoms with E-state index in [0.717, 1.165) is 48.9 Å². The van der Waals surface area contributed by atoms with E-state index in [1.807, 2.05) is 6.08 Å². The average Bonchev–Trinajstić information content (AvgIpc) is 2.84. The normalized spacial score (nSPS) is 48.1. The number of hydrogen-bond donors (Lipinski definition) is 0. The van der Waals surface area contributed by atoms with Gasteiger partial charge in [0, 0.05) is 22.5 Å². The fraction of sp³-hybridized carbons (Fsp3) is 0.800. The molecule has 26 heavy (non-hydrogen) atoms. The molecule has 0 radical (unpaired) electrons. The maximum Gasteiger partial charge on any atom is 0.133 e. The fourth-order valence-corrected chi connectivity index (χ4v) is 7.77. The summed E-state index contributed by atoms with van der Waals surface area (Å²) in [6, 6.07) is 0. The van der Waals surface area contributed by atoms with Gasteiger partial charge < -0.3 is 0 Å². The van der Waals surface area contributed by atoms with Gasteiger partial charge in [-0.1, -0.05) is 38.5 Å². The van der Waals surface area contributed by atoms with Crippen LogP contribution in [0, 0.1) is 40.4 Å². The highest BCUT2D eigenvalue weighted by Crippen LogP contribution is 2.72. The van der Waals surface area contributed by atoms with Gasteiger partial charge in [-0.25, -0.2) is 0 Å². The van der Waals surface area contributed by atoms with E-state index in [4.69, 9.17) is 0 Å². The zero-order valence-corrected chi connectivity index (χ0v) is 17.0. The van der Waals surface area contributed by atoms with Gasteiger partial charge in [0.1, 0.15) is 5.78 Å². The number of ketones is 1. The minimum atomic E-state index is 0. The van der Waals surface area contributed by atoms with Crippen LogP contribution in [0.4, 0.5) is 0 Å². The van der Waals surface area contributed by atoms with Crippen LogP contribution in [0.15, 0.2) is 24.8 Å². The molecule has 0 aliphatic heterocycles. The molecular formula is C25H44O. The lowest BCUT2D eigenvalue weighted by atomic mass is 9.44. The van der Waals surface area contributed by atoms with Crippen LogP contribution >= 0.6 is 0 Å². The molecule has 150 valence electrons. The Morgan fingerprint density at radius 3 is 2.62 bits per heavy atom. The first kappa shape index (κ1) is 18.5. The predicted molar refractivity (Wildman–Crippen MR) is 115 cm³/mol. The van der Waals surface area contributed by atoms with Gasteiger partial charge in [-0.2, -0.15) is 0 Å². The molecule has 0 aromatic carbocycles. The summed E-state index contributed by atoms with van der Waals surface area (Å²) in [5.74, 6) is 5.13. The molecule has 0 N–H and O–H groups in total. The largest absolute Gasteiger partial charge is 0.300 e. The second-order valence-corrected chi connectivity index (χ2v) is 10.2. The van der Waals surface area contributed by atoms with Gasteiger partial charge in [0.25, 0.3) is 0 Å². The predicted octanol–water partition coefficient (Wildman–Crippen LogP) is 7.47. The molecular weight excluding hydrogens is 316 g/mol. The van der Waals surface area contributed by atoms with Crippen molar-refractivity contribution < 1.29 is 9.07 Å². The SMILES string of the molecule is C=CCCC.CC12C=CC13CCC1[C@@H](CCC4CC(=O)CC[C@@H]41)C3CC2.[HH].[HH].[HH]. The standard InChI is InChI=1S/C20H28O.C5H10.3H2/c1-19-8-7-18-17-4-2-13-12-14(21)3-5-15(13)16(17)6-9-20(18,19)11-10-19;1-3-5-4-2;;;/h10-11,13,15-18H,2-9,12H2,1H3;3H,1,4-5H2,2H3;3*1H/t13?,15-,16?,17+,18?,19?,20?;;;;/m0..../s1. The van der Waals surface area contributed by atoms with Gasteiger partial charge >= 0.3 is 0 Å². The average molecular weight is 361 g/mol. The van der Waals surface area contributed by atoms with E-state index in [-0.39, 0.29) is 4.28 Å². The van der Waals surface area contributed by atoms with E-state index >= 15 is 0 Å². The molecule has 0 bridgehead atoms. The van der Waals surface area contributed by atoms with E-state index in [1.54, 1.807) is 0 Å². The Kier molecular flexibility index (Phi) is 4.95. The van der Waals surface area contributed by atoms with Gasteiger partial charge in [0.2, 0.25) is 0 Å². The number of hydrogen-bond acceptors (Lipinski definition) is 1. The summed E-state index contributed by atoms with van der Waals surface area (Å²) in [4.78, 5) is 11.8. The van der Waals surface area contributed by atoms with Crippen LogP contribution in [0.2, 0.25) is 0 Å². The Morgan fingerprint density at radius 2 is 1.96 bits per heavy atom. The van der Waals surface area contributed by atoms with E-state index in [0.29, 0.717) is 16.6 Å². The molecule has 5 unspecified atom stereocenters. The number of carbonyl (C=O) groups is 1. The quantitative estimate of drug-likeness (QED) is 0.467. The van der Waals surface area contributed by atoms with Gasteiger partial charge in [-0.3, -0.25) is 4.79 Å². The van der Waals surface area contributed by atoms with Crippen molar-refractivity contribution in [3.63, 3.8) is 0 Å². The van der Waals surface area contributed by atoms with Crippen LogP contribution < -0.4 is 0 Å². The van der Waals surface area contributed by atoms with Crippen molar-refractivity contribution >= 4 is 5.78 Å². The monoisotopic (exact) mass is 360 g/mol. The third-order valence-corrected chi connectivity index (χ3v) is 9.17. The fourth-order valence-electron chi connectivity index (χ4n) is 7.77. The maximum absolute atomic E-state index is 11.8.